The zero-order valence-electron chi connectivity index (χ0n) is 21.2. The summed E-state index contributed by atoms with van der Waals surface area (Å²) in [6.45, 7) is 10.7. The zero-order chi connectivity index (χ0) is 25.6. The van der Waals surface area contributed by atoms with Gasteiger partial charge in [-0.25, -0.2) is 9.18 Å². The number of rotatable bonds is 9. The summed E-state index contributed by atoms with van der Waals surface area (Å²) in [5.74, 6) is -0.108. The van der Waals surface area contributed by atoms with Gasteiger partial charge in [-0.3, -0.25) is 4.79 Å². The summed E-state index contributed by atoms with van der Waals surface area (Å²) in [4.78, 5) is 28.3. The number of ether oxygens (including phenoxy) is 1. The van der Waals surface area contributed by atoms with Crippen molar-refractivity contribution in [3.63, 3.8) is 0 Å². The Balaban J connectivity index is 1.65. The molecule has 3 N–H and O–H groups in total. The van der Waals surface area contributed by atoms with Crippen molar-refractivity contribution in [2.75, 3.05) is 13.1 Å². The number of benzene rings is 2. The molecule has 188 valence electrons. The van der Waals surface area contributed by atoms with Crippen molar-refractivity contribution >= 4 is 22.9 Å². The molecule has 35 heavy (non-hydrogen) atoms. The third kappa shape index (κ3) is 7.31. The maximum atomic E-state index is 14.0. The molecule has 0 aliphatic carbocycles. The van der Waals surface area contributed by atoms with Gasteiger partial charge in [0, 0.05) is 29.6 Å². The van der Waals surface area contributed by atoms with Crippen LogP contribution in [0.1, 0.15) is 57.9 Å². The highest BCUT2D eigenvalue weighted by atomic mass is 19.1. The van der Waals surface area contributed by atoms with Crippen molar-refractivity contribution in [3.05, 3.63) is 60.0 Å². The molecule has 0 spiro atoms. The van der Waals surface area contributed by atoms with Gasteiger partial charge in [0.25, 0.3) is 5.91 Å². The number of amides is 2. The van der Waals surface area contributed by atoms with Crippen LogP contribution in [0.15, 0.2) is 48.5 Å². The van der Waals surface area contributed by atoms with Crippen LogP contribution < -0.4 is 10.6 Å². The first-order chi connectivity index (χ1) is 16.6. The maximum Gasteiger partial charge on any atom is 0.407 e. The number of nitrogens with one attached hydrogen (secondary N) is 3. The van der Waals surface area contributed by atoms with Gasteiger partial charge in [-0.15, -0.1) is 0 Å². The van der Waals surface area contributed by atoms with Gasteiger partial charge in [-0.2, -0.15) is 0 Å². The lowest BCUT2D eigenvalue weighted by Crippen LogP contribution is -2.36. The van der Waals surface area contributed by atoms with Crippen molar-refractivity contribution in [1.82, 2.24) is 15.6 Å². The van der Waals surface area contributed by atoms with E-state index in [4.69, 9.17) is 4.74 Å². The average Bonchev–Trinajstić information content (AvgIpc) is 3.18. The summed E-state index contributed by atoms with van der Waals surface area (Å²) >= 11 is 0. The summed E-state index contributed by atoms with van der Waals surface area (Å²) in [6.07, 6.45) is 1.33. The Labute approximate surface area is 206 Å². The lowest BCUT2D eigenvalue weighted by Gasteiger charge is -2.23. The van der Waals surface area contributed by atoms with E-state index in [2.05, 4.69) is 29.5 Å². The number of H-pyrrole nitrogens is 1. The zero-order valence-corrected chi connectivity index (χ0v) is 21.2. The molecule has 2 aromatic carbocycles. The van der Waals surface area contributed by atoms with Crippen molar-refractivity contribution in [3.8, 4) is 11.1 Å². The first kappa shape index (κ1) is 26.3. The Morgan fingerprint density at radius 2 is 1.77 bits per heavy atom. The van der Waals surface area contributed by atoms with Crippen LogP contribution >= 0.6 is 0 Å². The normalized spacial score (nSPS) is 13.3. The van der Waals surface area contributed by atoms with Crippen LogP contribution in [-0.4, -0.2) is 35.7 Å². The number of halogens is 1. The first-order valence-electron chi connectivity index (χ1n) is 12.2. The number of aromatic nitrogens is 1. The first-order valence-corrected chi connectivity index (χ1v) is 12.2. The van der Waals surface area contributed by atoms with Gasteiger partial charge in [-0.05, 0) is 62.8 Å². The number of carbonyl (C=O) groups is 2. The Hall–Kier alpha value is -3.35. The van der Waals surface area contributed by atoms with Gasteiger partial charge in [0.05, 0.1) is 0 Å². The molecule has 6 nitrogen and oxygen atoms in total. The third-order valence-corrected chi connectivity index (χ3v) is 5.91. The van der Waals surface area contributed by atoms with Gasteiger partial charge in [-0.1, -0.05) is 50.6 Å². The summed E-state index contributed by atoms with van der Waals surface area (Å²) in [5, 5.41) is 6.56. The molecular formula is C28H36FN3O3. The molecule has 1 unspecified atom stereocenters. The molecule has 3 rings (SSSR count). The quantitative estimate of drug-likeness (QED) is 0.336. The largest absolute Gasteiger partial charge is 0.444 e. The van der Waals surface area contributed by atoms with Gasteiger partial charge >= 0.3 is 6.09 Å². The lowest BCUT2D eigenvalue weighted by atomic mass is 9.93. The molecule has 7 heteroatoms. The second kappa shape index (κ2) is 11.4. The fraction of sp³-hybridized carbons (Fsp3) is 0.429. The average molecular weight is 482 g/mol. The molecule has 1 aromatic heterocycles. The van der Waals surface area contributed by atoms with Crippen LogP contribution in [0.3, 0.4) is 0 Å². The minimum atomic E-state index is -0.531. The van der Waals surface area contributed by atoms with E-state index in [0.717, 1.165) is 18.4 Å². The molecule has 0 aliphatic heterocycles. The van der Waals surface area contributed by atoms with Crippen molar-refractivity contribution in [1.29, 1.82) is 0 Å². The van der Waals surface area contributed by atoms with E-state index < -0.39 is 11.7 Å². The molecule has 0 aliphatic rings. The van der Waals surface area contributed by atoms with Gasteiger partial charge < -0.3 is 20.4 Å². The second-order valence-electron chi connectivity index (χ2n) is 10.1. The van der Waals surface area contributed by atoms with E-state index in [0.29, 0.717) is 35.2 Å². The Morgan fingerprint density at radius 1 is 1.06 bits per heavy atom. The number of carbonyl (C=O) groups excluding carboxylic acids is 2. The number of hydrogen-bond donors (Lipinski definition) is 3. The monoisotopic (exact) mass is 481 g/mol. The number of fused-ring (bicyclic) bond motifs is 1. The fourth-order valence-corrected chi connectivity index (χ4v) is 4.18. The van der Waals surface area contributed by atoms with Crippen LogP contribution in [0.25, 0.3) is 22.0 Å². The number of alkyl carbamates (subject to hydrolysis) is 1. The molecule has 2 amide bonds. The number of hydrogen-bond acceptors (Lipinski definition) is 3. The molecule has 0 radical (unpaired) electrons. The fourth-order valence-electron chi connectivity index (χ4n) is 4.18. The van der Waals surface area contributed by atoms with Gasteiger partial charge in [0.15, 0.2) is 0 Å². The lowest BCUT2D eigenvalue weighted by molar-refractivity contribution is 0.0516. The van der Waals surface area contributed by atoms with E-state index in [-0.39, 0.29) is 23.6 Å². The Kier molecular flexibility index (Phi) is 8.54. The molecule has 3 aromatic rings. The SMILES string of the molecule is CCC(CNC(=O)OC(C)(C)C)C[C@@H](C)CNC(=O)c1[nH]c2ccc(F)cc2c1-c1ccccc1. The molecular weight excluding hydrogens is 445 g/mol. The van der Waals surface area contributed by atoms with Crippen LogP contribution in [0.5, 0.6) is 0 Å². The predicted molar refractivity (Wildman–Crippen MR) is 138 cm³/mol. The summed E-state index contributed by atoms with van der Waals surface area (Å²) in [5.41, 5.74) is 2.14. The van der Waals surface area contributed by atoms with Gasteiger partial charge in [0.2, 0.25) is 0 Å². The molecule has 0 fully saturated rings. The van der Waals surface area contributed by atoms with Crippen molar-refractivity contribution < 1.29 is 18.7 Å². The van der Waals surface area contributed by atoms with E-state index in [1.165, 1.54) is 12.1 Å². The highest BCUT2D eigenvalue weighted by Crippen LogP contribution is 2.33. The molecule has 1 heterocycles. The predicted octanol–water partition coefficient (Wildman–Crippen LogP) is 6.28. The standard InChI is InChI=1S/C28H36FN3O3/c1-6-19(17-31-27(34)35-28(3,4)5)14-18(2)16-30-26(33)25-24(20-10-8-7-9-11-20)22-15-21(29)12-13-23(22)32-25/h7-13,15,18-19,32H,6,14,16-17H2,1-5H3,(H,30,33)(H,31,34)/t18-,19?/m1/s1. The van der Waals surface area contributed by atoms with Crippen molar-refractivity contribution in [2.24, 2.45) is 11.8 Å². The van der Waals surface area contributed by atoms with Crippen LogP contribution in [0.2, 0.25) is 0 Å². The molecule has 0 bridgehead atoms. The topological polar surface area (TPSA) is 83.2 Å². The van der Waals surface area contributed by atoms with Crippen LogP contribution in [0, 0.1) is 17.7 Å². The highest BCUT2D eigenvalue weighted by Gasteiger charge is 2.21. The Morgan fingerprint density at radius 3 is 2.43 bits per heavy atom. The van der Waals surface area contributed by atoms with E-state index in [1.807, 2.05) is 51.1 Å². The van der Waals surface area contributed by atoms with E-state index >= 15 is 0 Å². The summed E-state index contributed by atoms with van der Waals surface area (Å²) in [7, 11) is 0. The maximum absolute atomic E-state index is 14.0. The third-order valence-electron chi connectivity index (χ3n) is 5.91. The minimum Gasteiger partial charge on any atom is -0.444 e. The highest BCUT2D eigenvalue weighted by molar-refractivity contribution is 6.09. The Bertz CT molecular complexity index is 1150. The number of aromatic amines is 1. The van der Waals surface area contributed by atoms with Crippen LogP contribution in [0.4, 0.5) is 9.18 Å². The molecule has 0 saturated carbocycles. The smallest absolute Gasteiger partial charge is 0.407 e. The molecule has 2 atom stereocenters. The van der Waals surface area contributed by atoms with Crippen LogP contribution in [-0.2, 0) is 4.74 Å². The summed E-state index contributed by atoms with van der Waals surface area (Å²) < 4.78 is 19.3. The minimum absolute atomic E-state index is 0.200. The second-order valence-corrected chi connectivity index (χ2v) is 10.1. The van der Waals surface area contributed by atoms with E-state index in [9.17, 15) is 14.0 Å². The van der Waals surface area contributed by atoms with Crippen molar-refractivity contribution in [2.45, 2.75) is 53.1 Å². The van der Waals surface area contributed by atoms with E-state index in [1.54, 1.807) is 6.07 Å². The summed E-state index contributed by atoms with van der Waals surface area (Å²) in [6, 6.07) is 14.0. The van der Waals surface area contributed by atoms with Gasteiger partial charge in [0.1, 0.15) is 17.1 Å². The molecule has 0 saturated heterocycles.